The Morgan fingerprint density at radius 1 is 0.464 bits per heavy atom. The van der Waals surface area contributed by atoms with Crippen LogP contribution in [-0.4, -0.2) is 0 Å². The van der Waals surface area contributed by atoms with E-state index in [4.69, 9.17) is 0 Å². The summed E-state index contributed by atoms with van der Waals surface area (Å²) in [5.74, 6) is 0. The monoisotopic (exact) mass is 371 g/mol. The highest BCUT2D eigenvalue weighted by Gasteiger charge is 2.20. The molecule has 3 rings (SSSR count). The zero-order valence-corrected chi connectivity index (χ0v) is 17.6. The van der Waals surface area contributed by atoms with E-state index in [0.29, 0.717) is 0 Å². The lowest BCUT2D eigenvalue weighted by Gasteiger charge is -2.31. The third-order valence-corrected chi connectivity index (χ3v) is 5.26. The van der Waals surface area contributed by atoms with E-state index in [-0.39, 0.29) is 0 Å². The number of rotatable bonds is 9. The third-order valence-electron chi connectivity index (χ3n) is 5.26. The minimum absolute atomic E-state index is 1.10. The van der Waals surface area contributed by atoms with Gasteiger partial charge in [-0.1, -0.05) is 94.6 Å². The van der Waals surface area contributed by atoms with Gasteiger partial charge >= 0.3 is 0 Å². The summed E-state index contributed by atoms with van der Waals surface area (Å²) in [5.41, 5.74) is 8.21. The predicted molar refractivity (Wildman–Crippen MR) is 123 cm³/mol. The molecule has 0 heterocycles. The van der Waals surface area contributed by atoms with Gasteiger partial charge in [-0.3, -0.25) is 0 Å². The van der Waals surface area contributed by atoms with E-state index < -0.39 is 0 Å². The van der Waals surface area contributed by atoms with Crippen LogP contribution in [0.25, 0.3) is 0 Å². The summed E-state index contributed by atoms with van der Waals surface area (Å²) in [7, 11) is 0. The molecule has 0 saturated carbocycles. The Bertz CT molecular complexity index is 763. The standard InChI is InChI=1S/C27H33N/c1-4-13-22-16-7-10-19-25(22)28(26-20-11-8-17-23(26)14-5-2)27-21-12-9-18-24(27)15-6-3/h7-12,16-21H,4-6,13-15H2,1-3H3. The topological polar surface area (TPSA) is 3.24 Å². The number of anilines is 3. The lowest BCUT2D eigenvalue weighted by atomic mass is 10.00. The first-order valence-corrected chi connectivity index (χ1v) is 10.8. The van der Waals surface area contributed by atoms with Gasteiger partial charge in [0.2, 0.25) is 0 Å². The fourth-order valence-electron chi connectivity index (χ4n) is 4.02. The summed E-state index contributed by atoms with van der Waals surface area (Å²) in [6.07, 6.45) is 6.74. The van der Waals surface area contributed by atoms with Crippen molar-refractivity contribution in [1.29, 1.82) is 0 Å². The lowest BCUT2D eigenvalue weighted by Crippen LogP contribution is -2.16. The van der Waals surface area contributed by atoms with E-state index in [9.17, 15) is 0 Å². The van der Waals surface area contributed by atoms with E-state index in [1.165, 1.54) is 33.8 Å². The summed E-state index contributed by atoms with van der Waals surface area (Å²) in [4.78, 5) is 2.51. The van der Waals surface area contributed by atoms with E-state index in [0.717, 1.165) is 38.5 Å². The van der Waals surface area contributed by atoms with E-state index in [1.54, 1.807) is 0 Å². The molecule has 0 amide bonds. The normalized spacial score (nSPS) is 10.8. The zero-order chi connectivity index (χ0) is 19.8. The summed E-state index contributed by atoms with van der Waals surface area (Å²) < 4.78 is 0. The number of nitrogens with zero attached hydrogens (tertiary/aromatic N) is 1. The van der Waals surface area contributed by atoms with Gasteiger partial charge in [0.25, 0.3) is 0 Å². The van der Waals surface area contributed by atoms with Gasteiger partial charge in [-0.05, 0) is 54.2 Å². The van der Waals surface area contributed by atoms with E-state index >= 15 is 0 Å². The molecule has 0 aromatic heterocycles. The first-order valence-electron chi connectivity index (χ1n) is 10.8. The molecule has 0 unspecified atom stereocenters. The van der Waals surface area contributed by atoms with Crippen LogP contribution in [0.3, 0.4) is 0 Å². The molecule has 3 aromatic rings. The molecule has 1 nitrogen and oxygen atoms in total. The van der Waals surface area contributed by atoms with Crippen LogP contribution in [0.15, 0.2) is 72.8 Å². The molecule has 0 aliphatic carbocycles. The molecule has 0 radical (unpaired) electrons. The maximum Gasteiger partial charge on any atom is 0.0493 e. The Balaban J connectivity index is 2.25. The van der Waals surface area contributed by atoms with Crippen molar-refractivity contribution in [2.45, 2.75) is 59.3 Å². The maximum absolute atomic E-state index is 2.51. The largest absolute Gasteiger partial charge is 0.310 e. The molecule has 146 valence electrons. The van der Waals surface area contributed by atoms with Gasteiger partial charge in [-0.15, -0.1) is 0 Å². The summed E-state index contributed by atoms with van der Waals surface area (Å²) >= 11 is 0. The third kappa shape index (κ3) is 4.47. The molecule has 0 aliphatic rings. The second-order valence-corrected chi connectivity index (χ2v) is 7.47. The van der Waals surface area contributed by atoms with Gasteiger partial charge in [-0.25, -0.2) is 0 Å². The highest BCUT2D eigenvalue weighted by molar-refractivity contribution is 5.81. The summed E-state index contributed by atoms with van der Waals surface area (Å²) in [6.45, 7) is 6.78. The first kappa shape index (κ1) is 20.2. The minimum Gasteiger partial charge on any atom is -0.310 e. The van der Waals surface area contributed by atoms with Crippen LogP contribution in [-0.2, 0) is 19.3 Å². The van der Waals surface area contributed by atoms with Crippen LogP contribution in [0.1, 0.15) is 56.7 Å². The Kier molecular flexibility index (Phi) is 7.31. The SMILES string of the molecule is CCCc1ccccc1N(c1ccccc1CCC)c1ccccc1CCC. The van der Waals surface area contributed by atoms with Crippen LogP contribution >= 0.6 is 0 Å². The van der Waals surface area contributed by atoms with Crippen LogP contribution in [0.4, 0.5) is 17.1 Å². The van der Waals surface area contributed by atoms with Gasteiger partial charge < -0.3 is 4.90 Å². The molecule has 0 spiro atoms. The van der Waals surface area contributed by atoms with Crippen molar-refractivity contribution in [3.63, 3.8) is 0 Å². The molecule has 0 aliphatic heterocycles. The number of benzene rings is 3. The quantitative estimate of drug-likeness (QED) is 0.368. The predicted octanol–water partition coefficient (Wildman–Crippen LogP) is 8.01. The molecule has 0 saturated heterocycles. The van der Waals surface area contributed by atoms with Gasteiger partial charge in [0.05, 0.1) is 0 Å². The average molecular weight is 372 g/mol. The van der Waals surface area contributed by atoms with Crippen molar-refractivity contribution in [3.05, 3.63) is 89.5 Å². The lowest BCUT2D eigenvalue weighted by molar-refractivity contribution is 0.901. The molecule has 0 atom stereocenters. The fourth-order valence-corrected chi connectivity index (χ4v) is 4.02. The second-order valence-electron chi connectivity index (χ2n) is 7.47. The minimum atomic E-state index is 1.10. The van der Waals surface area contributed by atoms with E-state index in [1.807, 2.05) is 0 Å². The fraction of sp³-hybridized carbons (Fsp3) is 0.333. The van der Waals surface area contributed by atoms with Crippen LogP contribution in [0.2, 0.25) is 0 Å². The van der Waals surface area contributed by atoms with Crippen LogP contribution in [0.5, 0.6) is 0 Å². The summed E-state index contributed by atoms with van der Waals surface area (Å²) in [5, 5.41) is 0. The van der Waals surface area contributed by atoms with Crippen molar-refractivity contribution in [2.24, 2.45) is 0 Å². The Morgan fingerprint density at radius 3 is 1.04 bits per heavy atom. The van der Waals surface area contributed by atoms with Gasteiger partial charge in [-0.2, -0.15) is 0 Å². The summed E-state index contributed by atoms with van der Waals surface area (Å²) in [6, 6.07) is 26.8. The molecule has 28 heavy (non-hydrogen) atoms. The number of hydrogen-bond acceptors (Lipinski definition) is 1. The van der Waals surface area contributed by atoms with Crippen molar-refractivity contribution >= 4 is 17.1 Å². The Hall–Kier alpha value is -2.54. The maximum atomic E-state index is 2.51. The van der Waals surface area contributed by atoms with Crippen molar-refractivity contribution < 1.29 is 0 Å². The van der Waals surface area contributed by atoms with Crippen molar-refractivity contribution in [1.82, 2.24) is 0 Å². The molecule has 0 bridgehead atoms. The smallest absolute Gasteiger partial charge is 0.0493 e. The number of para-hydroxylation sites is 3. The number of aryl methyl sites for hydroxylation is 3. The van der Waals surface area contributed by atoms with Crippen molar-refractivity contribution in [2.75, 3.05) is 4.90 Å². The molecule has 0 N–H and O–H groups in total. The number of hydrogen-bond donors (Lipinski definition) is 0. The second kappa shape index (κ2) is 10.1. The molecular weight excluding hydrogens is 338 g/mol. The molecule has 1 heteroatoms. The molecule has 0 fully saturated rings. The van der Waals surface area contributed by atoms with Crippen molar-refractivity contribution in [3.8, 4) is 0 Å². The highest BCUT2D eigenvalue weighted by atomic mass is 15.1. The van der Waals surface area contributed by atoms with E-state index in [2.05, 4.69) is 98.5 Å². The highest BCUT2D eigenvalue weighted by Crippen LogP contribution is 2.41. The Morgan fingerprint density at radius 2 is 0.750 bits per heavy atom. The van der Waals surface area contributed by atoms with Crippen LogP contribution < -0.4 is 4.90 Å². The first-order chi connectivity index (χ1) is 13.8. The van der Waals surface area contributed by atoms with Gasteiger partial charge in [0.15, 0.2) is 0 Å². The van der Waals surface area contributed by atoms with Crippen LogP contribution in [0, 0.1) is 0 Å². The van der Waals surface area contributed by atoms with Gasteiger partial charge in [0.1, 0.15) is 0 Å². The average Bonchev–Trinajstić information content (AvgIpc) is 2.72. The van der Waals surface area contributed by atoms with Gasteiger partial charge in [0, 0.05) is 17.1 Å². The Labute approximate surface area is 171 Å². The molecular formula is C27H33N. The molecule has 3 aromatic carbocycles. The zero-order valence-electron chi connectivity index (χ0n) is 17.6.